The van der Waals surface area contributed by atoms with Crippen LogP contribution >= 0.6 is 0 Å². The Morgan fingerprint density at radius 2 is 2.12 bits per heavy atom. The van der Waals surface area contributed by atoms with E-state index in [-0.39, 0.29) is 0 Å². The summed E-state index contributed by atoms with van der Waals surface area (Å²) < 4.78 is 0. The molecule has 0 spiro atoms. The molecular formula is C15H24N2. The zero-order valence-electron chi connectivity index (χ0n) is 10.8. The van der Waals surface area contributed by atoms with Gasteiger partial charge in [0.05, 0.1) is 0 Å². The van der Waals surface area contributed by atoms with Crippen molar-refractivity contribution in [1.82, 2.24) is 4.90 Å². The van der Waals surface area contributed by atoms with Gasteiger partial charge in [0.2, 0.25) is 0 Å². The Bertz CT molecular complexity index is 323. The van der Waals surface area contributed by atoms with Crippen molar-refractivity contribution < 1.29 is 0 Å². The summed E-state index contributed by atoms with van der Waals surface area (Å²) in [6.45, 7) is 5.68. The molecule has 0 bridgehead atoms. The quantitative estimate of drug-likeness (QED) is 0.845. The van der Waals surface area contributed by atoms with E-state index in [4.69, 9.17) is 5.73 Å². The largest absolute Gasteiger partial charge is 0.327 e. The molecule has 17 heavy (non-hydrogen) atoms. The van der Waals surface area contributed by atoms with E-state index in [1.54, 1.807) is 0 Å². The SMILES string of the molecule is CCCC(N)C1CCN(Cc2ccccc2)C1. The van der Waals surface area contributed by atoms with Crippen LogP contribution in [0.4, 0.5) is 0 Å². The number of benzene rings is 1. The lowest BCUT2D eigenvalue weighted by Gasteiger charge is -2.20. The van der Waals surface area contributed by atoms with E-state index in [1.807, 2.05) is 0 Å². The molecule has 94 valence electrons. The average Bonchev–Trinajstić information content (AvgIpc) is 2.79. The van der Waals surface area contributed by atoms with Crippen LogP contribution < -0.4 is 5.73 Å². The Morgan fingerprint density at radius 3 is 2.82 bits per heavy atom. The fraction of sp³-hybridized carbons (Fsp3) is 0.600. The van der Waals surface area contributed by atoms with Crippen molar-refractivity contribution in [2.45, 2.75) is 38.8 Å². The molecule has 0 amide bonds. The van der Waals surface area contributed by atoms with E-state index >= 15 is 0 Å². The Hall–Kier alpha value is -0.860. The highest BCUT2D eigenvalue weighted by atomic mass is 15.1. The van der Waals surface area contributed by atoms with Gasteiger partial charge in [-0.3, -0.25) is 4.90 Å². The van der Waals surface area contributed by atoms with E-state index in [1.165, 1.54) is 37.9 Å². The number of nitrogens with zero attached hydrogens (tertiary/aromatic N) is 1. The maximum Gasteiger partial charge on any atom is 0.0233 e. The Morgan fingerprint density at radius 1 is 1.35 bits per heavy atom. The first-order valence-corrected chi connectivity index (χ1v) is 6.81. The molecular weight excluding hydrogens is 208 g/mol. The third kappa shape index (κ3) is 3.55. The number of hydrogen-bond donors (Lipinski definition) is 1. The number of rotatable bonds is 5. The molecule has 2 atom stereocenters. The van der Waals surface area contributed by atoms with Gasteiger partial charge in [-0.25, -0.2) is 0 Å². The van der Waals surface area contributed by atoms with Crippen molar-refractivity contribution >= 4 is 0 Å². The first-order chi connectivity index (χ1) is 8.29. The van der Waals surface area contributed by atoms with Gasteiger partial charge in [0.1, 0.15) is 0 Å². The van der Waals surface area contributed by atoms with Gasteiger partial charge < -0.3 is 5.73 Å². The van der Waals surface area contributed by atoms with Crippen molar-refractivity contribution in [3.8, 4) is 0 Å². The van der Waals surface area contributed by atoms with E-state index in [0.717, 1.165) is 6.54 Å². The van der Waals surface area contributed by atoms with Crippen molar-refractivity contribution in [3.63, 3.8) is 0 Å². The fourth-order valence-corrected chi connectivity index (χ4v) is 2.77. The summed E-state index contributed by atoms with van der Waals surface area (Å²) in [5.41, 5.74) is 7.63. The van der Waals surface area contributed by atoms with Gasteiger partial charge in [0.15, 0.2) is 0 Å². The molecule has 0 aromatic heterocycles. The molecule has 2 nitrogen and oxygen atoms in total. The van der Waals surface area contributed by atoms with Crippen LogP contribution in [0.15, 0.2) is 30.3 Å². The van der Waals surface area contributed by atoms with Crippen LogP contribution in [0.3, 0.4) is 0 Å². The first-order valence-electron chi connectivity index (χ1n) is 6.81. The number of likely N-dealkylation sites (tertiary alicyclic amines) is 1. The van der Waals surface area contributed by atoms with Crippen LogP contribution in [0.5, 0.6) is 0 Å². The highest BCUT2D eigenvalue weighted by Gasteiger charge is 2.26. The monoisotopic (exact) mass is 232 g/mol. The van der Waals surface area contributed by atoms with E-state index < -0.39 is 0 Å². The second-order valence-electron chi connectivity index (χ2n) is 5.22. The molecule has 0 aliphatic carbocycles. The molecule has 1 aromatic rings. The van der Waals surface area contributed by atoms with Gasteiger partial charge >= 0.3 is 0 Å². The molecule has 1 aromatic carbocycles. The minimum atomic E-state index is 0.403. The smallest absolute Gasteiger partial charge is 0.0233 e. The summed E-state index contributed by atoms with van der Waals surface area (Å²) in [6.07, 6.45) is 3.65. The third-order valence-corrected chi connectivity index (χ3v) is 3.79. The van der Waals surface area contributed by atoms with Crippen LogP contribution in [0, 0.1) is 5.92 Å². The van der Waals surface area contributed by atoms with Gasteiger partial charge in [-0.15, -0.1) is 0 Å². The minimum Gasteiger partial charge on any atom is -0.327 e. The summed E-state index contributed by atoms with van der Waals surface area (Å²) >= 11 is 0. The van der Waals surface area contributed by atoms with Crippen LogP contribution in [-0.4, -0.2) is 24.0 Å². The molecule has 2 rings (SSSR count). The Balaban J connectivity index is 1.82. The Kier molecular flexibility index (Phi) is 4.57. The van der Waals surface area contributed by atoms with Gasteiger partial charge in [0, 0.05) is 19.1 Å². The normalized spacial score (nSPS) is 22.8. The van der Waals surface area contributed by atoms with Crippen LogP contribution in [0.2, 0.25) is 0 Å². The van der Waals surface area contributed by atoms with E-state index in [2.05, 4.69) is 42.2 Å². The molecule has 1 saturated heterocycles. The van der Waals surface area contributed by atoms with Crippen molar-refractivity contribution in [2.75, 3.05) is 13.1 Å². The molecule has 1 aliphatic heterocycles. The van der Waals surface area contributed by atoms with Gasteiger partial charge in [-0.1, -0.05) is 43.7 Å². The molecule has 2 unspecified atom stereocenters. The van der Waals surface area contributed by atoms with Crippen molar-refractivity contribution in [3.05, 3.63) is 35.9 Å². The second-order valence-corrected chi connectivity index (χ2v) is 5.22. The average molecular weight is 232 g/mol. The van der Waals surface area contributed by atoms with Crippen molar-refractivity contribution in [1.29, 1.82) is 0 Å². The van der Waals surface area contributed by atoms with Gasteiger partial charge in [-0.05, 0) is 30.9 Å². The lowest BCUT2D eigenvalue weighted by atomic mass is 9.96. The maximum absolute atomic E-state index is 6.22. The van der Waals surface area contributed by atoms with Gasteiger partial charge in [0.25, 0.3) is 0 Å². The lowest BCUT2D eigenvalue weighted by Crippen LogP contribution is -2.32. The lowest BCUT2D eigenvalue weighted by molar-refractivity contribution is 0.302. The summed E-state index contributed by atoms with van der Waals surface area (Å²) in [4.78, 5) is 2.54. The molecule has 0 radical (unpaired) electrons. The fourth-order valence-electron chi connectivity index (χ4n) is 2.77. The van der Waals surface area contributed by atoms with Crippen LogP contribution in [-0.2, 0) is 6.54 Å². The summed E-state index contributed by atoms with van der Waals surface area (Å²) in [5.74, 6) is 0.707. The topological polar surface area (TPSA) is 29.3 Å². The summed E-state index contributed by atoms with van der Waals surface area (Å²) in [6, 6.07) is 11.1. The third-order valence-electron chi connectivity index (χ3n) is 3.79. The zero-order valence-corrected chi connectivity index (χ0v) is 10.8. The molecule has 2 heteroatoms. The molecule has 0 saturated carbocycles. The minimum absolute atomic E-state index is 0.403. The molecule has 2 N–H and O–H groups in total. The first kappa shape index (κ1) is 12.6. The molecule has 1 aliphatic rings. The highest BCUT2D eigenvalue weighted by molar-refractivity contribution is 5.14. The molecule has 1 fully saturated rings. The number of hydrogen-bond acceptors (Lipinski definition) is 2. The second kappa shape index (κ2) is 6.18. The van der Waals surface area contributed by atoms with Crippen LogP contribution in [0.25, 0.3) is 0 Å². The summed E-state index contributed by atoms with van der Waals surface area (Å²) in [7, 11) is 0. The van der Waals surface area contributed by atoms with E-state index in [0.29, 0.717) is 12.0 Å². The predicted octanol–water partition coefficient (Wildman–Crippen LogP) is 2.64. The highest BCUT2D eigenvalue weighted by Crippen LogP contribution is 2.22. The van der Waals surface area contributed by atoms with Crippen molar-refractivity contribution in [2.24, 2.45) is 11.7 Å². The van der Waals surface area contributed by atoms with Crippen LogP contribution in [0.1, 0.15) is 31.7 Å². The number of nitrogens with two attached hydrogens (primary N) is 1. The van der Waals surface area contributed by atoms with Gasteiger partial charge in [-0.2, -0.15) is 0 Å². The zero-order chi connectivity index (χ0) is 12.1. The maximum atomic E-state index is 6.22. The Labute approximate surface area is 105 Å². The van der Waals surface area contributed by atoms with E-state index in [9.17, 15) is 0 Å². The standard InChI is InChI=1S/C15H24N2/c1-2-6-15(16)14-9-10-17(12-14)11-13-7-4-3-5-8-13/h3-5,7-8,14-15H,2,6,9-12,16H2,1H3. The molecule has 1 heterocycles. The summed E-state index contributed by atoms with van der Waals surface area (Å²) in [5, 5.41) is 0. The predicted molar refractivity (Wildman–Crippen MR) is 72.7 cm³/mol.